The van der Waals surface area contributed by atoms with Crippen LogP contribution >= 0.6 is 0 Å². The number of hydrogen-bond acceptors (Lipinski definition) is 5. The molecular formula is C26H32N4O4. The number of nitrogens with zero attached hydrogens (tertiary/aromatic N) is 3. The van der Waals surface area contributed by atoms with Gasteiger partial charge in [-0.15, -0.1) is 0 Å². The van der Waals surface area contributed by atoms with Crippen molar-refractivity contribution in [1.82, 2.24) is 9.88 Å². The zero-order chi connectivity index (χ0) is 24.2. The Morgan fingerprint density at radius 1 is 0.912 bits per heavy atom. The first-order chi connectivity index (χ1) is 16.3. The molecule has 2 heterocycles. The van der Waals surface area contributed by atoms with Crippen LogP contribution in [-0.4, -0.2) is 59.0 Å². The average molecular weight is 465 g/mol. The summed E-state index contributed by atoms with van der Waals surface area (Å²) in [6, 6.07) is 9.45. The Hall–Kier alpha value is -3.42. The van der Waals surface area contributed by atoms with Crippen LogP contribution in [0.3, 0.4) is 0 Å². The fourth-order valence-corrected chi connectivity index (χ4v) is 4.73. The van der Waals surface area contributed by atoms with Gasteiger partial charge in [-0.1, -0.05) is 6.07 Å². The maximum Gasteiger partial charge on any atom is 0.306 e. The number of rotatable bonds is 5. The standard InChI is InChI=1S/C26H32N4O4/c1-17-3-9-22(15-18(17)2)28-24(31)21-8-10-23(27-16-21)29-11-13-30(14-12-29)25(32)19-4-6-20(7-5-19)26(33)34/h3,8-10,15-16,19-20H,4-7,11-14H2,1-2H3,(H,28,31)(H,33,34). The maximum absolute atomic E-state index is 12.9. The molecule has 0 atom stereocenters. The summed E-state index contributed by atoms with van der Waals surface area (Å²) in [5.41, 5.74) is 3.55. The van der Waals surface area contributed by atoms with Gasteiger partial charge in [0.15, 0.2) is 0 Å². The van der Waals surface area contributed by atoms with Crippen LogP contribution in [0.15, 0.2) is 36.5 Å². The lowest BCUT2D eigenvalue weighted by Gasteiger charge is -2.38. The molecule has 1 aliphatic carbocycles. The highest BCUT2D eigenvalue weighted by Gasteiger charge is 2.33. The second-order valence-corrected chi connectivity index (χ2v) is 9.36. The molecule has 8 nitrogen and oxygen atoms in total. The number of carboxylic acids is 1. The van der Waals surface area contributed by atoms with Crippen molar-refractivity contribution in [3.63, 3.8) is 0 Å². The Morgan fingerprint density at radius 2 is 1.59 bits per heavy atom. The molecule has 2 amide bonds. The Balaban J connectivity index is 1.28. The van der Waals surface area contributed by atoms with Crippen LogP contribution in [-0.2, 0) is 9.59 Å². The summed E-state index contributed by atoms with van der Waals surface area (Å²) in [7, 11) is 0. The van der Waals surface area contributed by atoms with Crippen LogP contribution < -0.4 is 10.2 Å². The molecule has 0 radical (unpaired) electrons. The Kier molecular flexibility index (Phi) is 7.14. The number of carbonyl (C=O) groups is 3. The monoisotopic (exact) mass is 464 g/mol. The molecule has 1 aromatic heterocycles. The van der Waals surface area contributed by atoms with E-state index in [0.717, 1.165) is 17.1 Å². The van der Waals surface area contributed by atoms with Gasteiger partial charge in [0.2, 0.25) is 5.91 Å². The molecule has 8 heteroatoms. The van der Waals surface area contributed by atoms with Gasteiger partial charge in [0.25, 0.3) is 5.91 Å². The molecule has 2 aliphatic rings. The number of carbonyl (C=O) groups excluding carboxylic acids is 2. The number of aliphatic carboxylic acids is 1. The van der Waals surface area contributed by atoms with Gasteiger partial charge in [0.1, 0.15) is 5.82 Å². The van der Waals surface area contributed by atoms with Crippen molar-refractivity contribution >= 4 is 29.3 Å². The lowest BCUT2D eigenvalue weighted by Crippen LogP contribution is -2.51. The summed E-state index contributed by atoms with van der Waals surface area (Å²) in [6.45, 7) is 6.64. The van der Waals surface area contributed by atoms with Crippen molar-refractivity contribution in [2.45, 2.75) is 39.5 Å². The highest BCUT2D eigenvalue weighted by atomic mass is 16.4. The molecule has 2 N–H and O–H groups in total. The van der Waals surface area contributed by atoms with E-state index in [4.69, 9.17) is 5.11 Å². The summed E-state index contributed by atoms with van der Waals surface area (Å²) in [5.74, 6) is -0.379. The first kappa shape index (κ1) is 23.7. The minimum absolute atomic E-state index is 0.0598. The highest BCUT2D eigenvalue weighted by molar-refractivity contribution is 6.04. The number of aryl methyl sites for hydroxylation is 2. The number of aromatic nitrogens is 1. The molecule has 4 rings (SSSR count). The van der Waals surface area contributed by atoms with Gasteiger partial charge in [-0.05, 0) is 74.9 Å². The van der Waals surface area contributed by atoms with E-state index in [1.54, 1.807) is 12.3 Å². The first-order valence-corrected chi connectivity index (χ1v) is 11.9. The van der Waals surface area contributed by atoms with E-state index in [1.165, 1.54) is 5.56 Å². The van der Waals surface area contributed by atoms with Crippen molar-refractivity contribution in [3.8, 4) is 0 Å². The average Bonchev–Trinajstić information content (AvgIpc) is 2.86. The number of nitrogens with one attached hydrogen (secondary N) is 1. The lowest BCUT2D eigenvalue weighted by atomic mass is 9.81. The van der Waals surface area contributed by atoms with Gasteiger partial charge >= 0.3 is 5.97 Å². The van der Waals surface area contributed by atoms with Gasteiger partial charge < -0.3 is 20.2 Å². The van der Waals surface area contributed by atoms with Crippen LogP contribution in [0.5, 0.6) is 0 Å². The summed E-state index contributed by atoms with van der Waals surface area (Å²) in [5, 5.41) is 12.1. The number of benzene rings is 1. The molecular weight excluding hydrogens is 432 g/mol. The molecule has 1 saturated carbocycles. The number of amides is 2. The van der Waals surface area contributed by atoms with Gasteiger partial charge in [0.05, 0.1) is 11.5 Å². The first-order valence-electron chi connectivity index (χ1n) is 11.9. The van der Waals surface area contributed by atoms with Crippen molar-refractivity contribution in [2.24, 2.45) is 11.8 Å². The van der Waals surface area contributed by atoms with Gasteiger partial charge in [-0.2, -0.15) is 0 Å². The Bertz CT molecular complexity index is 1050. The third-order valence-corrected chi connectivity index (χ3v) is 7.12. The van der Waals surface area contributed by atoms with E-state index in [1.807, 2.05) is 43.0 Å². The minimum atomic E-state index is -0.749. The zero-order valence-electron chi connectivity index (χ0n) is 19.8. The SMILES string of the molecule is Cc1ccc(NC(=O)c2ccc(N3CCN(C(=O)C4CCC(C(=O)O)CC4)CC3)nc2)cc1C. The zero-order valence-corrected chi connectivity index (χ0v) is 19.8. The van der Waals surface area contributed by atoms with Crippen LogP contribution in [0.1, 0.15) is 47.2 Å². The number of pyridine rings is 1. The second kappa shape index (κ2) is 10.2. The molecule has 0 bridgehead atoms. The van der Waals surface area contributed by atoms with E-state index in [2.05, 4.69) is 15.2 Å². The van der Waals surface area contributed by atoms with Crippen molar-refractivity contribution in [3.05, 3.63) is 53.2 Å². The largest absolute Gasteiger partial charge is 0.481 e. The van der Waals surface area contributed by atoms with Crippen molar-refractivity contribution < 1.29 is 19.5 Å². The van der Waals surface area contributed by atoms with Crippen molar-refractivity contribution in [1.29, 1.82) is 0 Å². The topological polar surface area (TPSA) is 103 Å². The van der Waals surface area contributed by atoms with Crippen LogP contribution in [0.25, 0.3) is 0 Å². The number of piperazine rings is 1. The lowest BCUT2D eigenvalue weighted by molar-refractivity contribution is -0.145. The molecule has 2 fully saturated rings. The molecule has 34 heavy (non-hydrogen) atoms. The van der Waals surface area contributed by atoms with E-state index in [0.29, 0.717) is 57.4 Å². The Labute approximate surface area is 200 Å². The van der Waals surface area contributed by atoms with E-state index in [-0.39, 0.29) is 23.7 Å². The van der Waals surface area contributed by atoms with Crippen LogP contribution in [0, 0.1) is 25.7 Å². The normalized spacial score (nSPS) is 20.6. The van der Waals surface area contributed by atoms with E-state index >= 15 is 0 Å². The fraction of sp³-hybridized carbons (Fsp3) is 0.462. The van der Waals surface area contributed by atoms with E-state index in [9.17, 15) is 14.4 Å². The molecule has 0 unspecified atom stereocenters. The molecule has 1 saturated heterocycles. The number of carboxylic acid groups (broad SMARTS) is 1. The molecule has 2 aromatic rings. The maximum atomic E-state index is 12.9. The van der Waals surface area contributed by atoms with Crippen LogP contribution in [0.2, 0.25) is 0 Å². The summed E-state index contributed by atoms with van der Waals surface area (Å²) in [6.07, 6.45) is 4.06. The predicted molar refractivity (Wildman–Crippen MR) is 130 cm³/mol. The van der Waals surface area contributed by atoms with Gasteiger partial charge in [-0.25, -0.2) is 4.98 Å². The smallest absolute Gasteiger partial charge is 0.306 e. The predicted octanol–water partition coefficient (Wildman–Crippen LogP) is 3.49. The minimum Gasteiger partial charge on any atom is -0.481 e. The quantitative estimate of drug-likeness (QED) is 0.702. The van der Waals surface area contributed by atoms with Crippen LogP contribution in [0.4, 0.5) is 11.5 Å². The number of anilines is 2. The molecule has 1 aromatic carbocycles. The van der Waals surface area contributed by atoms with Gasteiger partial charge in [-0.3, -0.25) is 14.4 Å². The molecule has 0 spiro atoms. The fourth-order valence-electron chi connectivity index (χ4n) is 4.73. The second-order valence-electron chi connectivity index (χ2n) is 9.36. The third kappa shape index (κ3) is 5.38. The Morgan fingerprint density at radius 3 is 2.18 bits per heavy atom. The van der Waals surface area contributed by atoms with E-state index < -0.39 is 5.97 Å². The summed E-state index contributed by atoms with van der Waals surface area (Å²) < 4.78 is 0. The third-order valence-electron chi connectivity index (χ3n) is 7.12. The summed E-state index contributed by atoms with van der Waals surface area (Å²) in [4.78, 5) is 45.1. The highest BCUT2D eigenvalue weighted by Crippen LogP contribution is 2.30. The molecule has 180 valence electrons. The molecule has 1 aliphatic heterocycles. The number of hydrogen-bond donors (Lipinski definition) is 2. The van der Waals surface area contributed by atoms with Crippen molar-refractivity contribution in [2.75, 3.05) is 36.4 Å². The van der Waals surface area contributed by atoms with Gasteiger partial charge in [0, 0.05) is 44.0 Å². The summed E-state index contributed by atoms with van der Waals surface area (Å²) >= 11 is 0.